The molecule has 0 bridgehead atoms. The van der Waals surface area contributed by atoms with Crippen molar-refractivity contribution in [3.63, 3.8) is 0 Å². The number of amides is 1. The van der Waals surface area contributed by atoms with Crippen molar-refractivity contribution >= 4 is 5.91 Å². The number of nitrogens with zero attached hydrogens (tertiary/aromatic N) is 1. The molecule has 0 saturated carbocycles. The van der Waals surface area contributed by atoms with Crippen LogP contribution >= 0.6 is 0 Å². The Labute approximate surface area is 113 Å². The Kier molecular flexibility index (Phi) is 4.15. The Balaban J connectivity index is 2.09. The van der Waals surface area contributed by atoms with Gasteiger partial charge < -0.3 is 25.2 Å². The second-order valence-corrected chi connectivity index (χ2v) is 6.14. The molecule has 110 valence electrons. The monoisotopic (exact) mass is 272 g/mol. The van der Waals surface area contributed by atoms with Crippen LogP contribution in [0.25, 0.3) is 0 Å². The molecule has 6 nitrogen and oxygen atoms in total. The van der Waals surface area contributed by atoms with Crippen LogP contribution in [-0.4, -0.2) is 66.1 Å². The first-order valence-corrected chi connectivity index (χ1v) is 6.81. The maximum Gasteiger partial charge on any atom is 0.243 e. The Bertz CT molecular complexity index is 340. The predicted octanol–water partition coefficient (Wildman–Crippen LogP) is -0.507. The Morgan fingerprint density at radius 1 is 1.42 bits per heavy atom. The summed E-state index contributed by atoms with van der Waals surface area (Å²) < 4.78 is 11.0. The fourth-order valence-electron chi connectivity index (χ4n) is 2.81. The number of carbonyl (C=O) groups is 1. The van der Waals surface area contributed by atoms with Gasteiger partial charge in [0.15, 0.2) is 0 Å². The first kappa shape index (κ1) is 14.7. The van der Waals surface area contributed by atoms with Gasteiger partial charge in [0.1, 0.15) is 0 Å². The van der Waals surface area contributed by atoms with Crippen molar-refractivity contribution in [2.24, 2.45) is 5.73 Å². The molecule has 2 aliphatic rings. The van der Waals surface area contributed by atoms with Crippen LogP contribution < -0.4 is 5.73 Å². The molecule has 3 N–H and O–H groups in total. The van der Waals surface area contributed by atoms with E-state index in [4.69, 9.17) is 15.2 Å². The van der Waals surface area contributed by atoms with E-state index in [0.29, 0.717) is 39.1 Å². The third kappa shape index (κ3) is 3.25. The van der Waals surface area contributed by atoms with E-state index in [0.717, 1.165) is 0 Å². The lowest BCUT2D eigenvalue weighted by Crippen LogP contribution is -2.64. The van der Waals surface area contributed by atoms with Crippen molar-refractivity contribution in [3.05, 3.63) is 0 Å². The van der Waals surface area contributed by atoms with Crippen LogP contribution in [0, 0.1) is 0 Å². The minimum atomic E-state index is -0.828. The molecule has 6 heteroatoms. The summed E-state index contributed by atoms with van der Waals surface area (Å²) >= 11 is 0. The van der Waals surface area contributed by atoms with Gasteiger partial charge in [-0.25, -0.2) is 0 Å². The summed E-state index contributed by atoms with van der Waals surface area (Å²) in [7, 11) is 0. The van der Waals surface area contributed by atoms with Crippen LogP contribution in [0.5, 0.6) is 0 Å². The van der Waals surface area contributed by atoms with E-state index in [-0.39, 0.29) is 18.6 Å². The zero-order valence-corrected chi connectivity index (χ0v) is 11.7. The van der Waals surface area contributed by atoms with Gasteiger partial charge >= 0.3 is 0 Å². The largest absolute Gasteiger partial charge is 0.394 e. The lowest BCUT2D eigenvalue weighted by molar-refractivity contribution is -0.172. The van der Waals surface area contributed by atoms with E-state index in [1.165, 1.54) is 0 Å². The fraction of sp³-hybridized carbons (Fsp3) is 0.923. The number of nitrogens with two attached hydrogens (primary N) is 1. The van der Waals surface area contributed by atoms with E-state index in [1.54, 1.807) is 4.90 Å². The van der Waals surface area contributed by atoms with Gasteiger partial charge in [0.25, 0.3) is 0 Å². The second-order valence-electron chi connectivity index (χ2n) is 6.14. The van der Waals surface area contributed by atoms with Crippen molar-refractivity contribution in [2.75, 3.05) is 32.9 Å². The molecule has 1 atom stereocenters. The summed E-state index contributed by atoms with van der Waals surface area (Å²) in [6.07, 6.45) is 0.761. The number of aliphatic hydroxyl groups is 1. The van der Waals surface area contributed by atoms with Gasteiger partial charge in [-0.2, -0.15) is 0 Å². The van der Waals surface area contributed by atoms with Crippen LogP contribution in [0.2, 0.25) is 0 Å². The van der Waals surface area contributed by atoms with Gasteiger partial charge in [0.05, 0.1) is 23.9 Å². The van der Waals surface area contributed by atoms with Crippen molar-refractivity contribution < 1.29 is 19.4 Å². The van der Waals surface area contributed by atoms with Gasteiger partial charge in [-0.15, -0.1) is 0 Å². The highest BCUT2D eigenvalue weighted by Gasteiger charge is 2.43. The van der Waals surface area contributed by atoms with Crippen LogP contribution in [0.15, 0.2) is 0 Å². The molecule has 1 amide bonds. The third-order valence-corrected chi connectivity index (χ3v) is 3.78. The summed E-state index contributed by atoms with van der Waals surface area (Å²) in [5.41, 5.74) is 4.95. The molecule has 1 unspecified atom stereocenters. The Hall–Kier alpha value is -0.690. The minimum absolute atomic E-state index is 0.0503. The van der Waals surface area contributed by atoms with E-state index in [9.17, 15) is 9.90 Å². The van der Waals surface area contributed by atoms with Crippen molar-refractivity contribution in [2.45, 2.75) is 43.9 Å². The Morgan fingerprint density at radius 3 is 2.63 bits per heavy atom. The number of hydrogen-bond acceptors (Lipinski definition) is 5. The maximum atomic E-state index is 12.6. The lowest BCUT2D eigenvalue weighted by atomic mass is 9.88. The smallest absolute Gasteiger partial charge is 0.243 e. The number of morpholine rings is 1. The zero-order chi connectivity index (χ0) is 14.1. The highest BCUT2D eigenvalue weighted by atomic mass is 16.5. The van der Waals surface area contributed by atoms with Crippen molar-refractivity contribution in [1.29, 1.82) is 0 Å². The summed E-state index contributed by atoms with van der Waals surface area (Å²) in [4.78, 5) is 14.4. The number of rotatable bonds is 2. The van der Waals surface area contributed by atoms with Gasteiger partial charge in [0.2, 0.25) is 5.91 Å². The number of ether oxygens (including phenoxy) is 2. The summed E-state index contributed by atoms with van der Waals surface area (Å²) in [6, 6.07) is 0. The highest BCUT2D eigenvalue weighted by molar-refractivity contribution is 5.86. The molecule has 0 aromatic heterocycles. The van der Waals surface area contributed by atoms with Crippen molar-refractivity contribution in [1.82, 2.24) is 4.90 Å². The molecule has 2 aliphatic heterocycles. The SMILES string of the molecule is CC1(C)CN(C(=O)C2(N)CCOCC2)CC(CO)O1. The first-order chi connectivity index (χ1) is 8.86. The first-order valence-electron chi connectivity index (χ1n) is 6.81. The molecule has 2 rings (SSSR count). The number of hydrogen-bond donors (Lipinski definition) is 2. The van der Waals surface area contributed by atoms with E-state index in [1.807, 2.05) is 13.8 Å². The molecular formula is C13H24N2O4. The number of carbonyl (C=O) groups excluding carboxylic acids is 1. The normalized spacial score (nSPS) is 30.1. The Morgan fingerprint density at radius 2 is 2.05 bits per heavy atom. The van der Waals surface area contributed by atoms with Crippen LogP contribution in [0.4, 0.5) is 0 Å². The quantitative estimate of drug-likeness (QED) is 0.707. The number of aliphatic hydroxyl groups excluding tert-OH is 1. The maximum absolute atomic E-state index is 12.6. The second kappa shape index (κ2) is 5.36. The summed E-state index contributed by atoms with van der Waals surface area (Å²) in [5.74, 6) is -0.0503. The standard InChI is InChI=1S/C13H24N2O4/c1-12(2)9-15(7-10(8-16)19-12)11(17)13(14)3-5-18-6-4-13/h10,16H,3-9,14H2,1-2H3. The predicted molar refractivity (Wildman–Crippen MR) is 69.6 cm³/mol. The van der Waals surface area contributed by atoms with Crippen molar-refractivity contribution in [3.8, 4) is 0 Å². The van der Waals surface area contributed by atoms with Gasteiger partial charge in [-0.05, 0) is 26.7 Å². The van der Waals surface area contributed by atoms with Crippen LogP contribution in [-0.2, 0) is 14.3 Å². The average molecular weight is 272 g/mol. The molecule has 2 heterocycles. The molecule has 0 aromatic rings. The third-order valence-electron chi connectivity index (χ3n) is 3.78. The van der Waals surface area contributed by atoms with Gasteiger partial charge in [0, 0.05) is 26.3 Å². The molecule has 0 radical (unpaired) electrons. The van der Waals surface area contributed by atoms with E-state index < -0.39 is 11.1 Å². The average Bonchev–Trinajstić information content (AvgIpc) is 2.36. The van der Waals surface area contributed by atoms with Crippen LogP contribution in [0.3, 0.4) is 0 Å². The molecule has 2 saturated heterocycles. The molecule has 0 spiro atoms. The fourth-order valence-corrected chi connectivity index (χ4v) is 2.81. The van der Waals surface area contributed by atoms with Gasteiger partial charge in [-0.1, -0.05) is 0 Å². The van der Waals surface area contributed by atoms with Gasteiger partial charge in [-0.3, -0.25) is 4.79 Å². The lowest BCUT2D eigenvalue weighted by Gasteiger charge is -2.45. The molecular weight excluding hydrogens is 248 g/mol. The molecule has 0 aliphatic carbocycles. The van der Waals surface area contributed by atoms with E-state index >= 15 is 0 Å². The molecule has 0 aromatic carbocycles. The van der Waals surface area contributed by atoms with E-state index in [2.05, 4.69) is 0 Å². The summed E-state index contributed by atoms with van der Waals surface area (Å²) in [5, 5.41) is 9.28. The highest BCUT2D eigenvalue weighted by Crippen LogP contribution is 2.26. The van der Waals surface area contributed by atoms with Crippen LogP contribution in [0.1, 0.15) is 26.7 Å². The minimum Gasteiger partial charge on any atom is -0.394 e. The molecule has 19 heavy (non-hydrogen) atoms. The zero-order valence-electron chi connectivity index (χ0n) is 11.7. The molecule has 2 fully saturated rings. The topological polar surface area (TPSA) is 85.0 Å². The summed E-state index contributed by atoms with van der Waals surface area (Å²) in [6.45, 7) is 5.71.